The van der Waals surface area contributed by atoms with Crippen LogP contribution in [0.4, 0.5) is 5.69 Å². The summed E-state index contributed by atoms with van der Waals surface area (Å²) in [4.78, 5) is 10.5. The maximum Gasteiger partial charge on any atom is 0.198 e. The molecule has 0 saturated carbocycles. The number of hydrogen-bond donors (Lipinski definition) is 1. The molecule has 2 heteroatoms. The van der Waals surface area contributed by atoms with E-state index in [1.54, 1.807) is 12.1 Å². The second-order valence-electron chi connectivity index (χ2n) is 2.34. The molecular weight excluding hydrogens is 138 g/mol. The Hall–Kier alpha value is -1.66. The minimum Gasteiger partial charge on any atom is -0.296 e. The molecule has 0 spiro atoms. The van der Waals surface area contributed by atoms with Crippen molar-refractivity contribution in [2.45, 2.75) is 0 Å². The Morgan fingerprint density at radius 3 is 3.18 bits per heavy atom. The van der Waals surface area contributed by atoms with E-state index in [0.29, 0.717) is 5.56 Å². The Balaban J connectivity index is 2.66. The summed E-state index contributed by atoms with van der Waals surface area (Å²) in [7, 11) is 0. The molecule has 1 heterocycles. The molecule has 1 aliphatic rings. The van der Waals surface area contributed by atoms with Gasteiger partial charge in [0.2, 0.25) is 0 Å². The van der Waals surface area contributed by atoms with Gasteiger partial charge in [0.25, 0.3) is 0 Å². The van der Waals surface area contributed by atoms with Gasteiger partial charge in [-0.1, -0.05) is 0 Å². The van der Waals surface area contributed by atoms with Crippen LogP contribution in [0.5, 0.6) is 0 Å². The molecule has 1 aliphatic heterocycles. The van der Waals surface area contributed by atoms with Crippen molar-refractivity contribution in [1.29, 1.82) is 0 Å². The summed E-state index contributed by atoms with van der Waals surface area (Å²) in [5.41, 5.74) is 2.59. The third-order valence-corrected chi connectivity index (χ3v) is 1.69. The Morgan fingerprint density at radius 2 is 2.36 bits per heavy atom. The molecule has 2 nitrogen and oxygen atoms in total. The van der Waals surface area contributed by atoms with Crippen molar-refractivity contribution in [2.75, 3.05) is 5.32 Å². The zero-order valence-electron chi connectivity index (χ0n) is 5.79. The van der Waals surface area contributed by atoms with Gasteiger partial charge in [0, 0.05) is 6.07 Å². The van der Waals surface area contributed by atoms with Crippen molar-refractivity contribution in [3.05, 3.63) is 35.5 Å². The molecule has 0 unspecified atom stereocenters. The fourth-order valence-electron chi connectivity index (χ4n) is 1.14. The molecule has 0 bridgehead atoms. The molecule has 0 amide bonds. The highest BCUT2D eigenvalue weighted by molar-refractivity contribution is 5.88. The van der Waals surface area contributed by atoms with E-state index in [2.05, 4.69) is 11.5 Å². The number of rotatable bonds is 1. The third kappa shape index (κ3) is 0.810. The van der Waals surface area contributed by atoms with Crippen molar-refractivity contribution in [3.8, 4) is 0 Å². The Bertz CT molecular complexity index is 328. The molecule has 1 N–H and O–H groups in total. The van der Waals surface area contributed by atoms with Crippen LogP contribution in [0.15, 0.2) is 18.2 Å². The standard InChI is InChI=1S/C9H5NO/c11-6-7-2-1-3-9-8(7)4-5-10-9/h1-4,6H/p+1. The van der Waals surface area contributed by atoms with Crippen LogP contribution < -0.4 is 5.32 Å². The van der Waals surface area contributed by atoms with Crippen LogP contribution in [0, 0.1) is 6.20 Å². The topological polar surface area (TPSA) is 29.1 Å². The number of nitrogens with one attached hydrogen (secondary N) is 1. The van der Waals surface area contributed by atoms with Crippen molar-refractivity contribution in [3.63, 3.8) is 0 Å². The maximum absolute atomic E-state index is 10.5. The van der Waals surface area contributed by atoms with Crippen LogP contribution in [-0.4, -0.2) is 6.29 Å². The van der Waals surface area contributed by atoms with Crippen LogP contribution in [-0.2, 0) is 0 Å². The molecule has 2 rings (SSSR count). The highest BCUT2D eigenvalue weighted by Crippen LogP contribution is 2.24. The number of aldehydes is 1. The normalized spacial score (nSPS) is 11.6. The lowest BCUT2D eigenvalue weighted by atomic mass is 10.1. The summed E-state index contributed by atoms with van der Waals surface area (Å²) in [6.07, 6.45) is 5.46. The number of hydrogen-bond acceptors (Lipinski definition) is 2. The molecule has 0 aromatic heterocycles. The average molecular weight is 144 g/mol. The van der Waals surface area contributed by atoms with E-state index in [0.717, 1.165) is 17.5 Å². The summed E-state index contributed by atoms with van der Waals surface area (Å²) in [5, 5.41) is 2.91. The second kappa shape index (κ2) is 2.19. The van der Waals surface area contributed by atoms with Gasteiger partial charge in [0.1, 0.15) is 12.3 Å². The summed E-state index contributed by atoms with van der Waals surface area (Å²) in [5.74, 6) is 0. The van der Waals surface area contributed by atoms with Crippen molar-refractivity contribution in [2.24, 2.45) is 0 Å². The number of anilines is 1. The van der Waals surface area contributed by atoms with E-state index in [9.17, 15) is 4.79 Å². The largest absolute Gasteiger partial charge is 0.296 e. The van der Waals surface area contributed by atoms with Crippen molar-refractivity contribution < 1.29 is 4.79 Å². The van der Waals surface area contributed by atoms with E-state index in [4.69, 9.17) is 0 Å². The van der Waals surface area contributed by atoms with Crippen molar-refractivity contribution >= 4 is 18.0 Å². The first kappa shape index (κ1) is 6.08. The average Bonchev–Trinajstić information content (AvgIpc) is 2.50. The van der Waals surface area contributed by atoms with Crippen LogP contribution in [0.3, 0.4) is 0 Å². The summed E-state index contributed by atoms with van der Waals surface area (Å²) in [6.45, 7) is 0. The van der Waals surface area contributed by atoms with Crippen LogP contribution in [0.2, 0.25) is 0 Å². The van der Waals surface area contributed by atoms with E-state index >= 15 is 0 Å². The predicted molar refractivity (Wildman–Crippen MR) is 43.2 cm³/mol. The number of benzene rings is 1. The first-order chi connectivity index (χ1) is 5.42. The highest BCUT2D eigenvalue weighted by atomic mass is 16.1. The Kier molecular flexibility index (Phi) is 1.21. The van der Waals surface area contributed by atoms with E-state index in [-0.39, 0.29) is 0 Å². The molecule has 0 saturated heterocycles. The van der Waals surface area contributed by atoms with E-state index in [1.165, 1.54) is 0 Å². The molecule has 52 valence electrons. The van der Waals surface area contributed by atoms with Gasteiger partial charge in [0.05, 0.1) is 5.56 Å². The van der Waals surface area contributed by atoms with Crippen LogP contribution in [0.1, 0.15) is 15.9 Å². The highest BCUT2D eigenvalue weighted by Gasteiger charge is 2.19. The minimum atomic E-state index is 0.708. The quantitative estimate of drug-likeness (QED) is 0.480. The van der Waals surface area contributed by atoms with E-state index < -0.39 is 0 Å². The lowest BCUT2D eigenvalue weighted by Gasteiger charge is -1.89. The summed E-state index contributed by atoms with van der Waals surface area (Å²) in [6, 6.07) is 5.55. The fraction of sp³-hybridized carbons (Fsp3) is 0. The molecule has 1 aromatic carbocycles. The second-order valence-corrected chi connectivity index (χ2v) is 2.34. The third-order valence-electron chi connectivity index (χ3n) is 1.69. The molecule has 1 aromatic rings. The number of carbonyl (C=O) groups is 1. The maximum atomic E-state index is 10.5. The minimum absolute atomic E-state index is 0.708. The van der Waals surface area contributed by atoms with Crippen LogP contribution in [0.25, 0.3) is 6.08 Å². The molecule has 11 heavy (non-hydrogen) atoms. The van der Waals surface area contributed by atoms with Gasteiger partial charge in [-0.25, -0.2) is 0 Å². The smallest absolute Gasteiger partial charge is 0.198 e. The summed E-state index contributed by atoms with van der Waals surface area (Å²) >= 11 is 0. The van der Waals surface area contributed by atoms with E-state index in [1.807, 2.05) is 12.1 Å². The van der Waals surface area contributed by atoms with Gasteiger partial charge in [-0.2, -0.15) is 5.32 Å². The zero-order valence-corrected chi connectivity index (χ0v) is 5.79. The Morgan fingerprint density at radius 1 is 1.45 bits per heavy atom. The predicted octanol–water partition coefficient (Wildman–Crippen LogP) is 1.70. The lowest BCUT2D eigenvalue weighted by molar-refractivity contribution is 0.112. The van der Waals surface area contributed by atoms with Gasteiger partial charge in [-0.3, -0.25) is 4.79 Å². The number of fused-ring (bicyclic) bond motifs is 1. The summed E-state index contributed by atoms with van der Waals surface area (Å²) < 4.78 is 0. The van der Waals surface area contributed by atoms with Gasteiger partial charge in [-0.05, 0) is 12.1 Å². The lowest BCUT2D eigenvalue weighted by Crippen LogP contribution is -1.87. The first-order valence-corrected chi connectivity index (χ1v) is 3.35. The number of carbonyl (C=O) groups excluding carboxylic acids is 1. The molecule has 0 fully saturated rings. The zero-order chi connectivity index (χ0) is 7.68. The Labute approximate surface area is 64.5 Å². The van der Waals surface area contributed by atoms with Gasteiger partial charge >= 0.3 is 0 Å². The molecule has 0 aliphatic carbocycles. The SMILES string of the molecule is O=Cc1cccc2c1C=[C+]N2. The fourth-order valence-corrected chi connectivity index (χ4v) is 1.14. The molecule has 0 atom stereocenters. The van der Waals surface area contributed by atoms with Gasteiger partial charge < -0.3 is 0 Å². The molecular formula is C9H6NO+. The van der Waals surface area contributed by atoms with Gasteiger partial charge in [-0.15, -0.1) is 0 Å². The van der Waals surface area contributed by atoms with Crippen LogP contribution >= 0.6 is 0 Å². The first-order valence-electron chi connectivity index (χ1n) is 3.35. The van der Waals surface area contributed by atoms with Gasteiger partial charge in [0.15, 0.2) is 17.5 Å². The van der Waals surface area contributed by atoms with Crippen molar-refractivity contribution in [1.82, 2.24) is 0 Å². The molecule has 0 radical (unpaired) electrons. The monoisotopic (exact) mass is 144 g/mol.